The SMILES string of the molecule is CC(=O)CCC(=O)c1ccc(C)cn1. The van der Waals surface area contributed by atoms with E-state index in [1.165, 1.54) is 6.92 Å². The zero-order valence-corrected chi connectivity index (χ0v) is 8.41. The Bertz CT molecular complexity index is 341. The lowest BCUT2D eigenvalue weighted by atomic mass is 10.1. The van der Waals surface area contributed by atoms with Crippen molar-refractivity contribution < 1.29 is 9.59 Å². The summed E-state index contributed by atoms with van der Waals surface area (Å²) in [6, 6.07) is 3.53. The highest BCUT2D eigenvalue weighted by Gasteiger charge is 2.07. The van der Waals surface area contributed by atoms with E-state index in [4.69, 9.17) is 0 Å². The zero-order chi connectivity index (χ0) is 10.6. The molecule has 1 aromatic rings. The second kappa shape index (κ2) is 4.65. The van der Waals surface area contributed by atoms with Crippen molar-refractivity contribution in [1.29, 1.82) is 0 Å². The molecular weight excluding hydrogens is 178 g/mol. The molecule has 0 bridgehead atoms. The minimum absolute atomic E-state index is 0.0328. The lowest BCUT2D eigenvalue weighted by Crippen LogP contribution is -2.04. The minimum Gasteiger partial charge on any atom is -0.300 e. The Morgan fingerprint density at radius 2 is 2.00 bits per heavy atom. The van der Waals surface area contributed by atoms with Crippen LogP contribution in [0.4, 0.5) is 0 Å². The summed E-state index contributed by atoms with van der Waals surface area (Å²) in [6.45, 7) is 3.40. The summed E-state index contributed by atoms with van der Waals surface area (Å²) >= 11 is 0. The first-order valence-electron chi connectivity index (χ1n) is 4.55. The molecular formula is C11H13NO2. The first kappa shape index (κ1) is 10.6. The molecule has 14 heavy (non-hydrogen) atoms. The van der Waals surface area contributed by atoms with Gasteiger partial charge in [0, 0.05) is 19.0 Å². The van der Waals surface area contributed by atoms with E-state index in [1.807, 2.05) is 13.0 Å². The maximum atomic E-state index is 11.4. The van der Waals surface area contributed by atoms with Gasteiger partial charge in [-0.05, 0) is 25.5 Å². The van der Waals surface area contributed by atoms with Crippen LogP contribution in [0, 0.1) is 6.92 Å². The first-order chi connectivity index (χ1) is 6.59. The van der Waals surface area contributed by atoms with Crippen LogP contribution < -0.4 is 0 Å². The third kappa shape index (κ3) is 3.09. The molecule has 0 aliphatic carbocycles. The van der Waals surface area contributed by atoms with Gasteiger partial charge in [0.15, 0.2) is 5.78 Å². The Morgan fingerprint density at radius 3 is 2.50 bits per heavy atom. The lowest BCUT2D eigenvalue weighted by molar-refractivity contribution is -0.116. The summed E-state index contributed by atoms with van der Waals surface area (Å²) < 4.78 is 0. The fraction of sp³-hybridized carbons (Fsp3) is 0.364. The zero-order valence-electron chi connectivity index (χ0n) is 8.41. The molecule has 0 amide bonds. The molecule has 0 fully saturated rings. The Balaban J connectivity index is 2.61. The molecule has 0 N–H and O–H groups in total. The van der Waals surface area contributed by atoms with Crippen molar-refractivity contribution in [3.63, 3.8) is 0 Å². The number of ketones is 2. The predicted octanol–water partition coefficient (Wildman–Crippen LogP) is 1.94. The molecule has 3 nitrogen and oxygen atoms in total. The molecule has 0 aliphatic heterocycles. The molecule has 0 aliphatic rings. The third-order valence-corrected chi connectivity index (χ3v) is 1.90. The number of Topliss-reactive ketones (excluding diaryl/α,β-unsaturated/α-hetero) is 2. The maximum Gasteiger partial charge on any atom is 0.181 e. The van der Waals surface area contributed by atoms with Crippen LogP contribution in [0.2, 0.25) is 0 Å². The summed E-state index contributed by atoms with van der Waals surface area (Å²) in [5.41, 5.74) is 1.46. The van der Waals surface area contributed by atoms with Gasteiger partial charge in [0.2, 0.25) is 0 Å². The number of aryl methyl sites for hydroxylation is 1. The van der Waals surface area contributed by atoms with Crippen LogP contribution in [-0.4, -0.2) is 16.6 Å². The molecule has 1 rings (SSSR count). The van der Waals surface area contributed by atoms with Crippen LogP contribution in [0.25, 0.3) is 0 Å². The number of carbonyl (C=O) groups is 2. The molecule has 0 atom stereocenters. The number of hydrogen-bond donors (Lipinski definition) is 0. The monoisotopic (exact) mass is 191 g/mol. The van der Waals surface area contributed by atoms with Gasteiger partial charge in [-0.2, -0.15) is 0 Å². The fourth-order valence-corrected chi connectivity index (χ4v) is 1.05. The number of rotatable bonds is 4. The number of hydrogen-bond acceptors (Lipinski definition) is 3. The summed E-state index contributed by atoms with van der Waals surface area (Å²) in [5.74, 6) is -0.0364. The molecule has 1 aromatic heterocycles. The van der Waals surface area contributed by atoms with Crippen molar-refractivity contribution in [2.24, 2.45) is 0 Å². The predicted molar refractivity (Wildman–Crippen MR) is 53.2 cm³/mol. The molecule has 0 saturated carbocycles. The Hall–Kier alpha value is -1.51. The van der Waals surface area contributed by atoms with E-state index in [0.29, 0.717) is 12.1 Å². The van der Waals surface area contributed by atoms with E-state index in [-0.39, 0.29) is 18.0 Å². The quantitative estimate of drug-likeness (QED) is 0.683. The molecule has 3 heteroatoms. The number of carbonyl (C=O) groups excluding carboxylic acids is 2. The van der Waals surface area contributed by atoms with Crippen LogP contribution in [0.3, 0.4) is 0 Å². The summed E-state index contributed by atoms with van der Waals surface area (Å²) in [4.78, 5) is 26.1. The Labute approximate surface area is 83.2 Å². The average molecular weight is 191 g/mol. The van der Waals surface area contributed by atoms with Gasteiger partial charge in [-0.25, -0.2) is 0 Å². The molecule has 0 spiro atoms. The van der Waals surface area contributed by atoms with E-state index in [0.717, 1.165) is 5.56 Å². The van der Waals surface area contributed by atoms with Crippen molar-refractivity contribution in [2.75, 3.05) is 0 Å². The van der Waals surface area contributed by atoms with Crippen LogP contribution in [0.15, 0.2) is 18.3 Å². The highest BCUT2D eigenvalue weighted by atomic mass is 16.1. The van der Waals surface area contributed by atoms with Gasteiger partial charge in [-0.1, -0.05) is 6.07 Å². The van der Waals surface area contributed by atoms with E-state index in [2.05, 4.69) is 4.98 Å². The lowest BCUT2D eigenvalue weighted by Gasteiger charge is -1.98. The van der Waals surface area contributed by atoms with Gasteiger partial charge >= 0.3 is 0 Å². The highest BCUT2D eigenvalue weighted by Crippen LogP contribution is 2.04. The molecule has 74 valence electrons. The van der Waals surface area contributed by atoms with Crippen LogP contribution in [0.5, 0.6) is 0 Å². The maximum absolute atomic E-state index is 11.4. The van der Waals surface area contributed by atoms with Crippen molar-refractivity contribution in [3.8, 4) is 0 Å². The molecule has 1 heterocycles. The molecule has 0 unspecified atom stereocenters. The average Bonchev–Trinajstić information content (AvgIpc) is 2.15. The minimum atomic E-state index is -0.0693. The van der Waals surface area contributed by atoms with E-state index < -0.39 is 0 Å². The van der Waals surface area contributed by atoms with Gasteiger partial charge in [0.05, 0.1) is 0 Å². The van der Waals surface area contributed by atoms with Crippen molar-refractivity contribution in [2.45, 2.75) is 26.7 Å². The number of pyridine rings is 1. The number of aromatic nitrogens is 1. The second-order valence-electron chi connectivity index (χ2n) is 3.35. The van der Waals surface area contributed by atoms with Gasteiger partial charge in [0.25, 0.3) is 0 Å². The fourth-order valence-electron chi connectivity index (χ4n) is 1.05. The van der Waals surface area contributed by atoms with E-state index in [1.54, 1.807) is 12.3 Å². The second-order valence-corrected chi connectivity index (χ2v) is 3.35. The van der Waals surface area contributed by atoms with Crippen LogP contribution >= 0.6 is 0 Å². The Kier molecular flexibility index (Phi) is 3.51. The third-order valence-electron chi connectivity index (χ3n) is 1.90. The van der Waals surface area contributed by atoms with E-state index in [9.17, 15) is 9.59 Å². The molecule has 0 saturated heterocycles. The normalized spacial score (nSPS) is 9.86. The standard InChI is InChI=1S/C11H13NO2/c1-8-3-5-10(12-7-8)11(14)6-4-9(2)13/h3,5,7H,4,6H2,1-2H3. The smallest absolute Gasteiger partial charge is 0.181 e. The number of nitrogens with zero attached hydrogens (tertiary/aromatic N) is 1. The highest BCUT2D eigenvalue weighted by molar-refractivity contribution is 5.96. The van der Waals surface area contributed by atoms with Crippen molar-refractivity contribution in [1.82, 2.24) is 4.98 Å². The van der Waals surface area contributed by atoms with Gasteiger partial charge in [-0.3, -0.25) is 9.78 Å². The molecule has 0 aromatic carbocycles. The summed E-state index contributed by atoms with van der Waals surface area (Å²) in [6.07, 6.45) is 2.21. The van der Waals surface area contributed by atoms with Crippen LogP contribution in [-0.2, 0) is 4.79 Å². The van der Waals surface area contributed by atoms with Crippen molar-refractivity contribution in [3.05, 3.63) is 29.6 Å². The Morgan fingerprint density at radius 1 is 1.29 bits per heavy atom. The van der Waals surface area contributed by atoms with Gasteiger partial charge < -0.3 is 4.79 Å². The summed E-state index contributed by atoms with van der Waals surface area (Å²) in [5, 5.41) is 0. The van der Waals surface area contributed by atoms with Gasteiger partial charge in [0.1, 0.15) is 11.5 Å². The first-order valence-corrected chi connectivity index (χ1v) is 4.55. The van der Waals surface area contributed by atoms with Crippen molar-refractivity contribution >= 4 is 11.6 Å². The van der Waals surface area contributed by atoms with Gasteiger partial charge in [-0.15, -0.1) is 0 Å². The van der Waals surface area contributed by atoms with E-state index >= 15 is 0 Å². The largest absolute Gasteiger partial charge is 0.300 e. The summed E-state index contributed by atoms with van der Waals surface area (Å²) in [7, 11) is 0. The van der Waals surface area contributed by atoms with Crippen LogP contribution in [0.1, 0.15) is 35.8 Å². The topological polar surface area (TPSA) is 47.0 Å². The molecule has 0 radical (unpaired) electrons.